The van der Waals surface area contributed by atoms with Crippen LogP contribution in [0.4, 0.5) is 0 Å². The monoisotopic (exact) mass is 147 g/mol. The summed E-state index contributed by atoms with van der Waals surface area (Å²) in [6.45, 7) is 5.64. The van der Waals surface area contributed by atoms with Gasteiger partial charge >= 0.3 is 0 Å². The van der Waals surface area contributed by atoms with Gasteiger partial charge < -0.3 is 0 Å². The number of hydrogen-bond donors (Lipinski definition) is 0. The molecule has 0 amide bonds. The zero-order chi connectivity index (χ0) is 8.69. The van der Waals surface area contributed by atoms with E-state index in [1.165, 1.54) is 18.1 Å². The summed E-state index contributed by atoms with van der Waals surface area (Å²) in [5, 5.41) is 7.32. The summed E-state index contributed by atoms with van der Waals surface area (Å²) in [6, 6.07) is 10.2. The lowest BCUT2D eigenvalue weighted by Crippen LogP contribution is -1.71. The van der Waals surface area contributed by atoms with Gasteiger partial charge in [0.05, 0.1) is 6.07 Å². The SMILES string of the molecule is CC#N.Cc1cccc(C)c1. The number of nitriles is 1. The van der Waals surface area contributed by atoms with Crippen molar-refractivity contribution >= 4 is 0 Å². The van der Waals surface area contributed by atoms with Crippen LogP contribution in [-0.2, 0) is 0 Å². The second kappa shape index (κ2) is 5.49. The highest BCUT2D eigenvalue weighted by Crippen LogP contribution is 2.00. The zero-order valence-electron chi connectivity index (χ0n) is 7.26. The molecule has 0 radical (unpaired) electrons. The first-order valence-electron chi connectivity index (χ1n) is 3.54. The van der Waals surface area contributed by atoms with Gasteiger partial charge in [0.25, 0.3) is 0 Å². The van der Waals surface area contributed by atoms with E-state index in [-0.39, 0.29) is 0 Å². The van der Waals surface area contributed by atoms with Gasteiger partial charge in [-0.15, -0.1) is 0 Å². The first-order valence-corrected chi connectivity index (χ1v) is 3.54. The van der Waals surface area contributed by atoms with Crippen molar-refractivity contribution in [3.63, 3.8) is 0 Å². The van der Waals surface area contributed by atoms with E-state index < -0.39 is 0 Å². The Balaban J connectivity index is 0.000000292. The molecule has 11 heavy (non-hydrogen) atoms. The second-order valence-corrected chi connectivity index (χ2v) is 2.38. The summed E-state index contributed by atoms with van der Waals surface area (Å²) in [5.74, 6) is 0. The predicted octanol–water partition coefficient (Wildman–Crippen LogP) is 2.83. The molecule has 1 nitrogen and oxygen atoms in total. The third kappa shape index (κ3) is 5.17. The maximum atomic E-state index is 7.32. The highest BCUT2D eigenvalue weighted by molar-refractivity contribution is 5.20. The van der Waals surface area contributed by atoms with E-state index in [0.717, 1.165) is 0 Å². The molecule has 0 atom stereocenters. The van der Waals surface area contributed by atoms with Gasteiger partial charge in [-0.3, -0.25) is 0 Å². The molecule has 0 bridgehead atoms. The number of hydrogen-bond acceptors (Lipinski definition) is 1. The van der Waals surface area contributed by atoms with Crippen molar-refractivity contribution in [2.45, 2.75) is 20.8 Å². The molecule has 1 aromatic carbocycles. The summed E-state index contributed by atoms with van der Waals surface area (Å²) >= 11 is 0. The Bertz CT molecular complexity index is 228. The third-order valence-electron chi connectivity index (χ3n) is 1.17. The normalized spacial score (nSPS) is 7.45. The van der Waals surface area contributed by atoms with Crippen LogP contribution in [0.3, 0.4) is 0 Å². The maximum Gasteiger partial charge on any atom is 0.0587 e. The number of aryl methyl sites for hydroxylation is 2. The molecule has 0 unspecified atom stereocenters. The Morgan fingerprint density at radius 3 is 1.73 bits per heavy atom. The van der Waals surface area contributed by atoms with E-state index in [1.807, 2.05) is 0 Å². The fourth-order valence-corrected chi connectivity index (χ4v) is 0.807. The molecular weight excluding hydrogens is 134 g/mol. The van der Waals surface area contributed by atoms with E-state index in [0.29, 0.717) is 0 Å². The molecule has 0 fully saturated rings. The smallest absolute Gasteiger partial charge is 0.0587 e. The van der Waals surface area contributed by atoms with Gasteiger partial charge in [0.15, 0.2) is 0 Å². The molecule has 0 aliphatic heterocycles. The average molecular weight is 147 g/mol. The topological polar surface area (TPSA) is 23.8 Å². The fraction of sp³-hybridized carbons (Fsp3) is 0.300. The molecule has 1 aromatic rings. The van der Waals surface area contributed by atoms with E-state index in [2.05, 4.69) is 38.1 Å². The lowest BCUT2D eigenvalue weighted by Gasteiger charge is -1.90. The van der Waals surface area contributed by atoms with E-state index in [1.54, 1.807) is 6.07 Å². The summed E-state index contributed by atoms with van der Waals surface area (Å²) in [7, 11) is 0. The van der Waals surface area contributed by atoms with Crippen LogP contribution >= 0.6 is 0 Å². The second-order valence-electron chi connectivity index (χ2n) is 2.38. The number of nitrogens with zero attached hydrogens (tertiary/aromatic N) is 1. The van der Waals surface area contributed by atoms with Gasteiger partial charge in [0.1, 0.15) is 0 Å². The van der Waals surface area contributed by atoms with Gasteiger partial charge in [0, 0.05) is 6.92 Å². The van der Waals surface area contributed by atoms with Crippen molar-refractivity contribution in [1.29, 1.82) is 5.26 Å². The van der Waals surface area contributed by atoms with E-state index >= 15 is 0 Å². The molecule has 0 aliphatic carbocycles. The van der Waals surface area contributed by atoms with Crippen LogP contribution in [0, 0.1) is 25.2 Å². The molecule has 0 aliphatic rings. The molecule has 58 valence electrons. The Labute approximate surface area is 68.3 Å². The van der Waals surface area contributed by atoms with Crippen LogP contribution < -0.4 is 0 Å². The van der Waals surface area contributed by atoms with Crippen molar-refractivity contribution in [1.82, 2.24) is 0 Å². The van der Waals surface area contributed by atoms with Crippen LogP contribution in [0.5, 0.6) is 0 Å². The summed E-state index contributed by atoms with van der Waals surface area (Å²) in [5.41, 5.74) is 2.68. The Morgan fingerprint density at radius 2 is 1.55 bits per heavy atom. The minimum absolute atomic E-state index is 1.34. The Hall–Kier alpha value is -1.29. The van der Waals surface area contributed by atoms with Crippen LogP contribution in [0.25, 0.3) is 0 Å². The molecule has 1 rings (SSSR count). The maximum absolute atomic E-state index is 7.32. The van der Waals surface area contributed by atoms with Crippen molar-refractivity contribution in [2.75, 3.05) is 0 Å². The molecule has 1 heteroatoms. The third-order valence-corrected chi connectivity index (χ3v) is 1.17. The van der Waals surface area contributed by atoms with Gasteiger partial charge in [-0.25, -0.2) is 0 Å². The molecule has 0 N–H and O–H groups in total. The van der Waals surface area contributed by atoms with Crippen molar-refractivity contribution < 1.29 is 0 Å². The van der Waals surface area contributed by atoms with Crippen molar-refractivity contribution in [2.24, 2.45) is 0 Å². The van der Waals surface area contributed by atoms with Gasteiger partial charge in [-0.2, -0.15) is 5.26 Å². The molecular formula is C10H13N. The van der Waals surface area contributed by atoms with Crippen LogP contribution in [-0.4, -0.2) is 0 Å². The van der Waals surface area contributed by atoms with E-state index in [4.69, 9.17) is 5.26 Å². The fourth-order valence-electron chi connectivity index (χ4n) is 0.807. The lowest BCUT2D eigenvalue weighted by atomic mass is 10.2. The van der Waals surface area contributed by atoms with Crippen LogP contribution in [0.2, 0.25) is 0 Å². The van der Waals surface area contributed by atoms with E-state index in [9.17, 15) is 0 Å². The number of rotatable bonds is 0. The van der Waals surface area contributed by atoms with Gasteiger partial charge in [-0.1, -0.05) is 35.4 Å². The highest BCUT2D eigenvalue weighted by Gasteiger charge is 1.80. The molecule has 0 heterocycles. The molecule has 0 saturated heterocycles. The summed E-state index contributed by atoms with van der Waals surface area (Å²) in [6.07, 6.45) is 0. The van der Waals surface area contributed by atoms with Crippen LogP contribution in [0.1, 0.15) is 18.1 Å². The molecule has 0 saturated carbocycles. The Kier molecular flexibility index (Phi) is 4.85. The molecule has 0 spiro atoms. The lowest BCUT2D eigenvalue weighted by molar-refractivity contribution is 1.39. The standard InChI is InChI=1S/C8H10.C2H3N/c1-7-4-3-5-8(2)6-7;1-2-3/h3-6H,1-2H3;1H3. The highest BCUT2D eigenvalue weighted by atomic mass is 14.2. The van der Waals surface area contributed by atoms with Gasteiger partial charge in [0.2, 0.25) is 0 Å². The quantitative estimate of drug-likeness (QED) is 0.553. The summed E-state index contributed by atoms with van der Waals surface area (Å²) in [4.78, 5) is 0. The number of benzene rings is 1. The largest absolute Gasteiger partial charge is 0.199 e. The first-order chi connectivity index (χ1) is 5.20. The summed E-state index contributed by atoms with van der Waals surface area (Å²) < 4.78 is 0. The Morgan fingerprint density at radius 1 is 1.18 bits per heavy atom. The minimum atomic E-state index is 1.34. The minimum Gasteiger partial charge on any atom is -0.199 e. The van der Waals surface area contributed by atoms with Crippen LogP contribution in [0.15, 0.2) is 24.3 Å². The average Bonchev–Trinajstić information content (AvgIpc) is 1.88. The zero-order valence-corrected chi connectivity index (χ0v) is 7.26. The molecule has 0 aromatic heterocycles. The van der Waals surface area contributed by atoms with Crippen molar-refractivity contribution in [3.05, 3.63) is 35.4 Å². The van der Waals surface area contributed by atoms with Crippen molar-refractivity contribution in [3.8, 4) is 6.07 Å². The van der Waals surface area contributed by atoms with Gasteiger partial charge in [-0.05, 0) is 13.8 Å². The predicted molar refractivity (Wildman–Crippen MR) is 47.2 cm³/mol. The first kappa shape index (κ1) is 9.71.